The predicted molar refractivity (Wildman–Crippen MR) is 146 cm³/mol. The second kappa shape index (κ2) is 14.2. The van der Waals surface area contributed by atoms with E-state index >= 15 is 0 Å². The quantitative estimate of drug-likeness (QED) is 0.332. The molecule has 0 spiro atoms. The lowest BCUT2D eigenvalue weighted by Crippen LogP contribution is -2.52. The van der Waals surface area contributed by atoms with Crippen LogP contribution in [-0.2, 0) is 20.7 Å². The zero-order valence-electron chi connectivity index (χ0n) is 22.1. The predicted octanol–water partition coefficient (Wildman–Crippen LogP) is 4.12. The Bertz CT molecular complexity index is 954. The van der Waals surface area contributed by atoms with Crippen molar-refractivity contribution in [1.29, 1.82) is 0 Å². The Morgan fingerprint density at radius 2 is 1.87 bits per heavy atom. The minimum absolute atomic E-state index is 0.0398. The second-order valence-electron chi connectivity index (χ2n) is 11.3. The van der Waals surface area contributed by atoms with Gasteiger partial charge in [-0.2, -0.15) is 0 Å². The Kier molecular flexibility index (Phi) is 10.7. The van der Waals surface area contributed by atoms with Crippen molar-refractivity contribution < 1.29 is 24.2 Å². The first kappa shape index (κ1) is 28.7. The van der Waals surface area contributed by atoms with Crippen LogP contribution in [0.5, 0.6) is 0 Å². The van der Waals surface area contributed by atoms with E-state index in [-0.39, 0.29) is 36.4 Å². The minimum Gasteiger partial charge on any atom is -0.446 e. The summed E-state index contributed by atoms with van der Waals surface area (Å²) in [5, 5.41) is 19.2. The van der Waals surface area contributed by atoms with Crippen LogP contribution in [0.3, 0.4) is 0 Å². The van der Waals surface area contributed by atoms with Crippen LogP contribution in [0.2, 0.25) is 5.02 Å². The molecule has 3 amide bonds. The molecule has 1 heterocycles. The van der Waals surface area contributed by atoms with Crippen molar-refractivity contribution in [2.75, 3.05) is 13.2 Å². The SMILES string of the molecule is O=C(NC(CC1CCCCC1)C(=O)NC(CO)CC1CCNC1=O)OC1CCCC1Cc1cccc(Cl)c1. The normalized spacial score (nSPS) is 25.4. The number of aliphatic hydroxyl groups is 1. The third-order valence-corrected chi connectivity index (χ3v) is 8.67. The summed E-state index contributed by atoms with van der Waals surface area (Å²) >= 11 is 6.15. The molecule has 0 aromatic heterocycles. The van der Waals surface area contributed by atoms with Gasteiger partial charge in [0.05, 0.1) is 12.6 Å². The number of carbonyl (C=O) groups is 3. The number of halogens is 1. The molecule has 3 aliphatic rings. The fraction of sp³-hybridized carbons (Fsp3) is 0.690. The number of rotatable bonds is 11. The first-order valence-corrected chi connectivity index (χ1v) is 14.7. The highest BCUT2D eigenvalue weighted by Crippen LogP contribution is 2.32. The van der Waals surface area contributed by atoms with Gasteiger partial charge in [-0.25, -0.2) is 4.79 Å². The van der Waals surface area contributed by atoms with E-state index in [9.17, 15) is 19.5 Å². The highest BCUT2D eigenvalue weighted by atomic mass is 35.5. The lowest BCUT2D eigenvalue weighted by Gasteiger charge is -2.29. The molecule has 4 rings (SSSR count). The number of hydrogen-bond acceptors (Lipinski definition) is 5. The summed E-state index contributed by atoms with van der Waals surface area (Å²) in [6, 6.07) is 6.49. The molecule has 210 valence electrons. The van der Waals surface area contributed by atoms with Crippen LogP contribution < -0.4 is 16.0 Å². The molecule has 0 bridgehead atoms. The summed E-state index contributed by atoms with van der Waals surface area (Å²) in [5.41, 5.74) is 1.12. The van der Waals surface area contributed by atoms with Crippen LogP contribution in [0.4, 0.5) is 4.79 Å². The Labute approximate surface area is 230 Å². The number of alkyl carbamates (subject to hydrolysis) is 1. The molecule has 1 aromatic rings. The topological polar surface area (TPSA) is 117 Å². The van der Waals surface area contributed by atoms with Gasteiger partial charge in [-0.1, -0.05) is 55.8 Å². The summed E-state index contributed by atoms with van der Waals surface area (Å²) < 4.78 is 5.88. The molecule has 8 nitrogen and oxygen atoms in total. The summed E-state index contributed by atoms with van der Waals surface area (Å²) in [4.78, 5) is 38.4. The molecular formula is C29H42ClN3O5. The molecule has 4 N–H and O–H groups in total. The Morgan fingerprint density at radius 1 is 1.05 bits per heavy atom. The van der Waals surface area contributed by atoms with Crippen molar-refractivity contribution in [3.05, 3.63) is 34.9 Å². The third-order valence-electron chi connectivity index (χ3n) is 8.44. The lowest BCUT2D eigenvalue weighted by atomic mass is 9.84. The Morgan fingerprint density at radius 3 is 2.58 bits per heavy atom. The van der Waals surface area contributed by atoms with Crippen LogP contribution in [-0.4, -0.2) is 54.4 Å². The van der Waals surface area contributed by atoms with E-state index in [2.05, 4.69) is 16.0 Å². The van der Waals surface area contributed by atoms with E-state index in [4.69, 9.17) is 16.3 Å². The standard InChI is InChI=1S/C29H42ClN3O5/c30-23-10-4-8-20(15-23)14-21-9-5-11-26(21)38-29(37)33-25(16-19-6-2-1-3-7-19)28(36)32-24(18-34)17-22-12-13-31-27(22)35/h4,8,10,15,19,21-22,24-26,34H,1-3,5-7,9,11-14,16-18H2,(H,31,35)(H,32,36)(H,33,37). The Hall–Kier alpha value is -2.32. The molecule has 0 radical (unpaired) electrons. The van der Waals surface area contributed by atoms with Crippen molar-refractivity contribution in [3.8, 4) is 0 Å². The maximum absolute atomic E-state index is 13.3. The average Bonchev–Trinajstić information content (AvgIpc) is 3.51. The number of amides is 3. The molecule has 3 fully saturated rings. The third kappa shape index (κ3) is 8.34. The van der Waals surface area contributed by atoms with Gasteiger partial charge in [0.25, 0.3) is 0 Å². The molecule has 9 heteroatoms. The van der Waals surface area contributed by atoms with Crippen molar-refractivity contribution >= 4 is 29.5 Å². The molecular weight excluding hydrogens is 506 g/mol. The van der Waals surface area contributed by atoms with Gasteiger partial charge in [-0.05, 0) is 68.6 Å². The van der Waals surface area contributed by atoms with E-state index in [1.54, 1.807) is 0 Å². The summed E-state index contributed by atoms with van der Waals surface area (Å²) in [6.45, 7) is 0.357. The number of ether oxygens (including phenoxy) is 1. The molecule has 1 saturated heterocycles. The van der Waals surface area contributed by atoms with E-state index in [1.807, 2.05) is 24.3 Å². The monoisotopic (exact) mass is 547 g/mol. The van der Waals surface area contributed by atoms with E-state index in [1.165, 1.54) is 6.42 Å². The molecule has 2 aliphatic carbocycles. The molecule has 1 aromatic carbocycles. The molecule has 5 atom stereocenters. The van der Waals surface area contributed by atoms with E-state index in [0.717, 1.165) is 56.9 Å². The highest BCUT2D eigenvalue weighted by molar-refractivity contribution is 6.30. The number of nitrogens with one attached hydrogen (secondary N) is 3. The van der Waals surface area contributed by atoms with Crippen LogP contribution >= 0.6 is 11.6 Å². The van der Waals surface area contributed by atoms with Gasteiger partial charge in [0.15, 0.2) is 0 Å². The maximum atomic E-state index is 13.3. The first-order valence-electron chi connectivity index (χ1n) is 14.3. The number of aliphatic hydroxyl groups excluding tert-OH is 1. The fourth-order valence-corrected chi connectivity index (χ4v) is 6.57. The lowest BCUT2D eigenvalue weighted by molar-refractivity contribution is -0.126. The Balaban J connectivity index is 1.35. The zero-order chi connectivity index (χ0) is 26.9. The van der Waals surface area contributed by atoms with Crippen LogP contribution in [0, 0.1) is 17.8 Å². The largest absolute Gasteiger partial charge is 0.446 e. The zero-order valence-corrected chi connectivity index (χ0v) is 22.9. The van der Waals surface area contributed by atoms with Crippen LogP contribution in [0.1, 0.15) is 76.2 Å². The van der Waals surface area contributed by atoms with Gasteiger partial charge in [0.1, 0.15) is 12.1 Å². The van der Waals surface area contributed by atoms with Gasteiger partial charge in [0.2, 0.25) is 11.8 Å². The molecule has 5 unspecified atom stereocenters. The molecule has 38 heavy (non-hydrogen) atoms. The number of hydrogen-bond donors (Lipinski definition) is 4. The van der Waals surface area contributed by atoms with Gasteiger partial charge in [-0.3, -0.25) is 9.59 Å². The van der Waals surface area contributed by atoms with Crippen molar-refractivity contribution in [3.63, 3.8) is 0 Å². The van der Waals surface area contributed by atoms with Gasteiger partial charge < -0.3 is 25.8 Å². The summed E-state index contributed by atoms with van der Waals surface area (Å²) in [7, 11) is 0. The van der Waals surface area contributed by atoms with Crippen LogP contribution in [0.25, 0.3) is 0 Å². The smallest absolute Gasteiger partial charge is 0.408 e. The summed E-state index contributed by atoms with van der Waals surface area (Å²) in [6.07, 6.45) is 9.93. The summed E-state index contributed by atoms with van der Waals surface area (Å²) in [5.74, 6) is -0.0221. The van der Waals surface area contributed by atoms with Gasteiger partial charge in [0, 0.05) is 23.4 Å². The van der Waals surface area contributed by atoms with Crippen molar-refractivity contribution in [2.45, 2.75) is 95.2 Å². The van der Waals surface area contributed by atoms with Crippen LogP contribution in [0.15, 0.2) is 24.3 Å². The maximum Gasteiger partial charge on any atom is 0.408 e. The average molecular weight is 548 g/mol. The minimum atomic E-state index is -0.746. The number of carbonyl (C=O) groups excluding carboxylic acids is 3. The first-order chi connectivity index (χ1) is 18.4. The van der Waals surface area contributed by atoms with Crippen molar-refractivity contribution in [2.24, 2.45) is 17.8 Å². The highest BCUT2D eigenvalue weighted by Gasteiger charge is 2.34. The van der Waals surface area contributed by atoms with E-state index < -0.39 is 18.2 Å². The van der Waals surface area contributed by atoms with Gasteiger partial charge in [-0.15, -0.1) is 0 Å². The second-order valence-corrected chi connectivity index (χ2v) is 11.7. The number of benzene rings is 1. The van der Waals surface area contributed by atoms with Gasteiger partial charge >= 0.3 is 6.09 Å². The van der Waals surface area contributed by atoms with E-state index in [0.29, 0.717) is 36.7 Å². The fourth-order valence-electron chi connectivity index (χ4n) is 6.35. The molecule has 2 saturated carbocycles. The molecule has 1 aliphatic heterocycles. The van der Waals surface area contributed by atoms with Crippen molar-refractivity contribution in [1.82, 2.24) is 16.0 Å².